The van der Waals surface area contributed by atoms with Crippen molar-refractivity contribution in [3.63, 3.8) is 0 Å². The van der Waals surface area contributed by atoms with Crippen LogP contribution in [-0.2, 0) is 4.74 Å². The van der Waals surface area contributed by atoms with E-state index in [0.717, 1.165) is 6.42 Å². The molecular formula is C14H20Cl2N2O3. The van der Waals surface area contributed by atoms with Crippen molar-refractivity contribution >= 4 is 29.2 Å². The molecule has 0 fully saturated rings. The summed E-state index contributed by atoms with van der Waals surface area (Å²) in [7, 11) is 1.61. The number of rotatable bonds is 7. The Morgan fingerprint density at radius 1 is 1.43 bits per heavy atom. The number of hydrogen-bond acceptors (Lipinski definition) is 3. The highest BCUT2D eigenvalue weighted by atomic mass is 35.5. The maximum Gasteiger partial charge on any atom is 0.315 e. The van der Waals surface area contributed by atoms with E-state index in [2.05, 4.69) is 10.6 Å². The van der Waals surface area contributed by atoms with Crippen LogP contribution in [-0.4, -0.2) is 37.4 Å². The number of hydrogen-bond donors (Lipinski definition) is 3. The molecule has 118 valence electrons. The Morgan fingerprint density at radius 3 is 2.76 bits per heavy atom. The Morgan fingerprint density at radius 2 is 2.14 bits per heavy atom. The van der Waals surface area contributed by atoms with Gasteiger partial charge in [0.2, 0.25) is 0 Å². The van der Waals surface area contributed by atoms with E-state index in [1.807, 2.05) is 6.92 Å². The van der Waals surface area contributed by atoms with E-state index in [9.17, 15) is 9.90 Å². The van der Waals surface area contributed by atoms with Gasteiger partial charge in [-0.1, -0.05) is 29.3 Å². The van der Waals surface area contributed by atoms with E-state index >= 15 is 0 Å². The first-order chi connectivity index (χ1) is 9.93. The molecule has 2 amide bonds. The van der Waals surface area contributed by atoms with Crippen LogP contribution in [0.3, 0.4) is 0 Å². The largest absolute Gasteiger partial charge is 0.387 e. The molecule has 3 N–H and O–H groups in total. The highest BCUT2D eigenvalue weighted by Crippen LogP contribution is 2.25. The summed E-state index contributed by atoms with van der Waals surface area (Å²) in [4.78, 5) is 11.7. The SMILES string of the molecule is COCCC(C)NC(=O)NCC(O)c1ccc(Cl)cc1Cl. The lowest BCUT2D eigenvalue weighted by Crippen LogP contribution is -2.42. The summed E-state index contributed by atoms with van der Waals surface area (Å²) in [5.41, 5.74) is 0.522. The topological polar surface area (TPSA) is 70.6 Å². The van der Waals surface area contributed by atoms with Crippen LogP contribution in [0.2, 0.25) is 10.0 Å². The minimum absolute atomic E-state index is 0.0128. The quantitative estimate of drug-likeness (QED) is 0.718. The van der Waals surface area contributed by atoms with Crippen molar-refractivity contribution in [1.82, 2.24) is 10.6 Å². The first kappa shape index (κ1) is 18.0. The molecule has 0 saturated heterocycles. The molecule has 1 rings (SSSR count). The highest BCUT2D eigenvalue weighted by molar-refractivity contribution is 6.35. The third-order valence-electron chi connectivity index (χ3n) is 2.91. The van der Waals surface area contributed by atoms with Gasteiger partial charge >= 0.3 is 6.03 Å². The second-order valence-electron chi connectivity index (χ2n) is 4.72. The monoisotopic (exact) mass is 334 g/mol. The number of urea groups is 1. The molecule has 0 spiro atoms. The van der Waals surface area contributed by atoms with Crippen LogP contribution in [0.5, 0.6) is 0 Å². The average molecular weight is 335 g/mol. The van der Waals surface area contributed by atoms with Crippen LogP contribution in [0.4, 0.5) is 4.79 Å². The van der Waals surface area contributed by atoms with Crippen molar-refractivity contribution < 1.29 is 14.6 Å². The van der Waals surface area contributed by atoms with Crippen molar-refractivity contribution in [1.29, 1.82) is 0 Å². The van der Waals surface area contributed by atoms with E-state index in [4.69, 9.17) is 27.9 Å². The van der Waals surface area contributed by atoms with Gasteiger partial charge in [0.05, 0.1) is 6.10 Å². The van der Waals surface area contributed by atoms with Gasteiger partial charge in [-0.2, -0.15) is 0 Å². The predicted octanol–water partition coefficient (Wildman–Crippen LogP) is 2.75. The maximum absolute atomic E-state index is 11.7. The van der Waals surface area contributed by atoms with E-state index in [-0.39, 0.29) is 18.6 Å². The fourth-order valence-corrected chi connectivity index (χ4v) is 2.25. The lowest BCUT2D eigenvalue weighted by atomic mass is 10.1. The molecule has 21 heavy (non-hydrogen) atoms. The van der Waals surface area contributed by atoms with Gasteiger partial charge in [-0.25, -0.2) is 4.79 Å². The van der Waals surface area contributed by atoms with Gasteiger partial charge in [-0.05, 0) is 25.5 Å². The fraction of sp³-hybridized carbons (Fsp3) is 0.500. The summed E-state index contributed by atoms with van der Waals surface area (Å²) in [5.74, 6) is 0. The predicted molar refractivity (Wildman–Crippen MR) is 83.9 cm³/mol. The molecule has 5 nitrogen and oxygen atoms in total. The molecule has 0 bridgehead atoms. The van der Waals surface area contributed by atoms with Crippen LogP contribution in [0, 0.1) is 0 Å². The van der Waals surface area contributed by atoms with Crippen LogP contribution in [0.1, 0.15) is 25.0 Å². The summed E-state index contributed by atoms with van der Waals surface area (Å²) in [6.07, 6.45) is -0.176. The van der Waals surface area contributed by atoms with Gasteiger partial charge in [0, 0.05) is 41.9 Å². The smallest absolute Gasteiger partial charge is 0.315 e. The standard InChI is InChI=1S/C14H20Cl2N2O3/c1-9(5-6-21-2)18-14(20)17-8-13(19)11-4-3-10(15)7-12(11)16/h3-4,7,9,13,19H,5-6,8H2,1-2H3,(H2,17,18,20). The molecule has 2 atom stereocenters. The molecule has 7 heteroatoms. The fourth-order valence-electron chi connectivity index (χ4n) is 1.71. The van der Waals surface area contributed by atoms with Crippen molar-refractivity contribution in [3.05, 3.63) is 33.8 Å². The zero-order valence-electron chi connectivity index (χ0n) is 12.0. The van der Waals surface area contributed by atoms with Crippen molar-refractivity contribution in [3.8, 4) is 0 Å². The lowest BCUT2D eigenvalue weighted by molar-refractivity contribution is 0.169. The number of nitrogens with one attached hydrogen (secondary N) is 2. The van der Waals surface area contributed by atoms with Gasteiger partial charge in [0.1, 0.15) is 0 Å². The van der Waals surface area contributed by atoms with Crippen LogP contribution in [0.25, 0.3) is 0 Å². The number of carbonyl (C=O) groups is 1. The Bertz CT molecular complexity index is 472. The van der Waals surface area contributed by atoms with E-state index in [0.29, 0.717) is 22.2 Å². The zero-order valence-corrected chi connectivity index (χ0v) is 13.5. The third kappa shape index (κ3) is 6.52. The Balaban J connectivity index is 2.41. The van der Waals surface area contributed by atoms with Crippen molar-refractivity contribution in [2.75, 3.05) is 20.3 Å². The minimum atomic E-state index is -0.894. The molecule has 0 heterocycles. The number of carbonyl (C=O) groups excluding carboxylic acids is 1. The number of benzene rings is 1. The van der Waals surface area contributed by atoms with Gasteiger partial charge in [-0.15, -0.1) is 0 Å². The van der Waals surface area contributed by atoms with Gasteiger partial charge < -0.3 is 20.5 Å². The molecule has 0 saturated carbocycles. The molecule has 0 aromatic heterocycles. The van der Waals surface area contributed by atoms with E-state index < -0.39 is 6.10 Å². The summed E-state index contributed by atoms with van der Waals surface area (Å²) in [6.45, 7) is 2.51. The zero-order chi connectivity index (χ0) is 15.8. The average Bonchev–Trinajstić information content (AvgIpc) is 2.42. The maximum atomic E-state index is 11.7. The number of amides is 2. The molecule has 1 aromatic carbocycles. The molecule has 0 aliphatic rings. The van der Waals surface area contributed by atoms with Crippen LogP contribution < -0.4 is 10.6 Å². The number of aliphatic hydroxyl groups excluding tert-OH is 1. The first-order valence-electron chi connectivity index (χ1n) is 6.60. The van der Waals surface area contributed by atoms with Gasteiger partial charge in [0.15, 0.2) is 0 Å². The number of halogens is 2. The van der Waals surface area contributed by atoms with Gasteiger partial charge in [-0.3, -0.25) is 0 Å². The Hall–Kier alpha value is -1.01. The number of methoxy groups -OCH3 is 1. The summed E-state index contributed by atoms with van der Waals surface area (Å²) < 4.78 is 4.94. The second kappa shape index (κ2) is 9.10. The molecule has 0 aliphatic carbocycles. The van der Waals surface area contributed by atoms with Crippen molar-refractivity contribution in [2.24, 2.45) is 0 Å². The van der Waals surface area contributed by atoms with Crippen molar-refractivity contribution in [2.45, 2.75) is 25.5 Å². The lowest BCUT2D eigenvalue weighted by Gasteiger charge is -2.17. The molecule has 2 unspecified atom stereocenters. The molecular weight excluding hydrogens is 315 g/mol. The van der Waals surface area contributed by atoms with E-state index in [1.54, 1.807) is 25.3 Å². The van der Waals surface area contributed by atoms with E-state index in [1.165, 1.54) is 0 Å². The molecule has 0 radical (unpaired) electrons. The number of ether oxygens (including phenoxy) is 1. The summed E-state index contributed by atoms with van der Waals surface area (Å²) >= 11 is 11.8. The Kier molecular flexibility index (Phi) is 7.82. The normalized spacial score (nSPS) is 13.6. The van der Waals surface area contributed by atoms with Gasteiger partial charge in [0.25, 0.3) is 0 Å². The Labute approximate surface area is 134 Å². The van der Waals surface area contributed by atoms with Crippen LogP contribution in [0.15, 0.2) is 18.2 Å². The second-order valence-corrected chi connectivity index (χ2v) is 5.56. The van der Waals surface area contributed by atoms with Crippen LogP contribution >= 0.6 is 23.2 Å². The summed E-state index contributed by atoms with van der Waals surface area (Å²) in [6, 6.07) is 4.47. The minimum Gasteiger partial charge on any atom is -0.387 e. The molecule has 1 aromatic rings. The molecule has 0 aliphatic heterocycles. The summed E-state index contributed by atoms with van der Waals surface area (Å²) in [5, 5.41) is 16.2. The number of aliphatic hydroxyl groups is 1. The first-order valence-corrected chi connectivity index (χ1v) is 7.36. The third-order valence-corrected chi connectivity index (χ3v) is 3.47. The highest BCUT2D eigenvalue weighted by Gasteiger charge is 2.14.